The molecule has 5 heteroatoms. The summed E-state index contributed by atoms with van der Waals surface area (Å²) in [6, 6.07) is 0.440. The molecule has 3 heterocycles. The molecule has 0 saturated carbocycles. The molecule has 3 rings (SSSR count). The van der Waals surface area contributed by atoms with Gasteiger partial charge in [-0.05, 0) is 30.7 Å². The Morgan fingerprint density at radius 2 is 2.41 bits per heavy atom. The highest BCUT2D eigenvalue weighted by Gasteiger charge is 2.26. The normalized spacial score (nSPS) is 20.4. The van der Waals surface area contributed by atoms with Crippen LogP contribution in [0.4, 0.5) is 5.82 Å². The topological polar surface area (TPSA) is 55.0 Å². The first-order valence-corrected chi connectivity index (χ1v) is 6.84. The summed E-state index contributed by atoms with van der Waals surface area (Å²) in [6.45, 7) is 3.86. The number of thiophene rings is 1. The number of nitrogens with two attached hydrogens (primary N) is 1. The number of aromatic nitrogens is 2. The molecule has 1 atom stereocenters. The van der Waals surface area contributed by atoms with Gasteiger partial charge in [0.05, 0.1) is 10.2 Å². The van der Waals surface area contributed by atoms with E-state index in [1.165, 1.54) is 23.1 Å². The van der Waals surface area contributed by atoms with Crippen LogP contribution >= 0.6 is 11.3 Å². The van der Waals surface area contributed by atoms with E-state index < -0.39 is 0 Å². The second-order valence-electron chi connectivity index (χ2n) is 4.52. The first-order valence-electron chi connectivity index (χ1n) is 5.96. The summed E-state index contributed by atoms with van der Waals surface area (Å²) in [6.07, 6.45) is 4.05. The zero-order valence-electron chi connectivity index (χ0n) is 9.89. The molecular weight excluding hydrogens is 232 g/mol. The molecule has 1 unspecified atom stereocenters. The number of aryl methyl sites for hydroxylation is 1. The summed E-state index contributed by atoms with van der Waals surface area (Å²) in [5, 5.41) is 2.15. The van der Waals surface area contributed by atoms with Crippen LogP contribution in [0.15, 0.2) is 11.7 Å². The average Bonchev–Trinajstić information content (AvgIpc) is 2.96. The maximum absolute atomic E-state index is 5.83. The Hall–Kier alpha value is -1.20. The van der Waals surface area contributed by atoms with Gasteiger partial charge < -0.3 is 10.6 Å². The van der Waals surface area contributed by atoms with Crippen LogP contribution in [-0.2, 0) is 0 Å². The van der Waals surface area contributed by atoms with Crippen LogP contribution in [0.1, 0.15) is 18.4 Å². The van der Waals surface area contributed by atoms with Crippen LogP contribution in [0, 0.1) is 6.92 Å². The number of anilines is 1. The molecule has 1 aliphatic heterocycles. The minimum atomic E-state index is 0.440. The number of hydrogen-bond donors (Lipinski definition) is 1. The molecule has 0 bridgehead atoms. The van der Waals surface area contributed by atoms with E-state index in [9.17, 15) is 0 Å². The van der Waals surface area contributed by atoms with Gasteiger partial charge in [-0.15, -0.1) is 11.3 Å². The van der Waals surface area contributed by atoms with Gasteiger partial charge in [-0.3, -0.25) is 0 Å². The third-order valence-electron chi connectivity index (χ3n) is 3.43. The van der Waals surface area contributed by atoms with Gasteiger partial charge in [-0.2, -0.15) is 0 Å². The second kappa shape index (κ2) is 4.23. The van der Waals surface area contributed by atoms with E-state index in [0.29, 0.717) is 12.6 Å². The lowest BCUT2D eigenvalue weighted by Gasteiger charge is -2.24. The Morgan fingerprint density at radius 1 is 1.53 bits per heavy atom. The zero-order chi connectivity index (χ0) is 11.8. The van der Waals surface area contributed by atoms with Crippen molar-refractivity contribution in [3.63, 3.8) is 0 Å². The quantitative estimate of drug-likeness (QED) is 0.882. The number of hydrogen-bond acceptors (Lipinski definition) is 5. The third kappa shape index (κ3) is 1.70. The van der Waals surface area contributed by atoms with Crippen LogP contribution in [0.5, 0.6) is 0 Å². The predicted molar refractivity (Wildman–Crippen MR) is 71.6 cm³/mol. The van der Waals surface area contributed by atoms with Gasteiger partial charge in [-0.1, -0.05) is 0 Å². The largest absolute Gasteiger partial charge is 0.351 e. The lowest BCUT2D eigenvalue weighted by molar-refractivity contribution is 0.673. The fourth-order valence-corrected chi connectivity index (χ4v) is 3.53. The molecule has 1 saturated heterocycles. The second-order valence-corrected chi connectivity index (χ2v) is 5.40. The molecule has 0 aliphatic carbocycles. The van der Waals surface area contributed by atoms with E-state index in [0.717, 1.165) is 17.9 Å². The maximum atomic E-state index is 5.83. The summed E-state index contributed by atoms with van der Waals surface area (Å²) >= 11 is 1.73. The molecule has 2 N–H and O–H groups in total. The van der Waals surface area contributed by atoms with Gasteiger partial charge in [0.25, 0.3) is 0 Å². The highest BCUT2D eigenvalue weighted by molar-refractivity contribution is 7.18. The SMILES string of the molecule is Cc1csc2c(N3CCCC3CN)ncnc12. The van der Waals surface area contributed by atoms with Crippen LogP contribution in [0.2, 0.25) is 0 Å². The van der Waals surface area contributed by atoms with Crippen molar-refractivity contribution in [1.29, 1.82) is 0 Å². The molecular formula is C12H16N4S. The summed E-state index contributed by atoms with van der Waals surface area (Å²) in [5.41, 5.74) is 8.15. The average molecular weight is 248 g/mol. The molecule has 90 valence electrons. The van der Waals surface area contributed by atoms with Gasteiger partial charge in [0, 0.05) is 19.1 Å². The van der Waals surface area contributed by atoms with E-state index in [1.54, 1.807) is 17.7 Å². The first-order chi connectivity index (χ1) is 8.31. The van der Waals surface area contributed by atoms with Gasteiger partial charge in [0.1, 0.15) is 12.1 Å². The van der Waals surface area contributed by atoms with Crippen molar-refractivity contribution < 1.29 is 0 Å². The van der Waals surface area contributed by atoms with E-state index in [1.807, 2.05) is 0 Å². The molecule has 0 radical (unpaired) electrons. The minimum Gasteiger partial charge on any atom is -0.351 e. The monoisotopic (exact) mass is 248 g/mol. The highest BCUT2D eigenvalue weighted by Crippen LogP contribution is 2.34. The lowest BCUT2D eigenvalue weighted by atomic mass is 10.2. The van der Waals surface area contributed by atoms with Gasteiger partial charge >= 0.3 is 0 Å². The Kier molecular flexibility index (Phi) is 2.72. The zero-order valence-corrected chi connectivity index (χ0v) is 10.7. The molecule has 0 aromatic carbocycles. The highest BCUT2D eigenvalue weighted by atomic mass is 32.1. The number of fused-ring (bicyclic) bond motifs is 1. The third-order valence-corrected chi connectivity index (χ3v) is 4.52. The maximum Gasteiger partial charge on any atom is 0.150 e. The van der Waals surface area contributed by atoms with Gasteiger partial charge in [0.15, 0.2) is 0 Å². The summed E-state index contributed by atoms with van der Waals surface area (Å²) < 4.78 is 1.20. The first kappa shape index (κ1) is 10.9. The molecule has 4 nitrogen and oxygen atoms in total. The Morgan fingerprint density at radius 3 is 3.24 bits per heavy atom. The molecule has 17 heavy (non-hydrogen) atoms. The van der Waals surface area contributed by atoms with Crippen molar-refractivity contribution in [3.05, 3.63) is 17.3 Å². The molecule has 2 aromatic rings. The minimum absolute atomic E-state index is 0.440. The van der Waals surface area contributed by atoms with Crippen molar-refractivity contribution in [3.8, 4) is 0 Å². The Balaban J connectivity index is 2.10. The summed E-state index contributed by atoms with van der Waals surface area (Å²) in [7, 11) is 0. The fraction of sp³-hybridized carbons (Fsp3) is 0.500. The number of nitrogens with zero attached hydrogens (tertiary/aromatic N) is 3. The van der Waals surface area contributed by atoms with Crippen LogP contribution in [0.25, 0.3) is 10.2 Å². The molecule has 1 aliphatic rings. The van der Waals surface area contributed by atoms with Crippen molar-refractivity contribution in [2.24, 2.45) is 5.73 Å². The summed E-state index contributed by atoms with van der Waals surface area (Å²) in [5.74, 6) is 1.07. The Bertz CT molecular complexity index is 536. The fourth-order valence-electron chi connectivity index (χ4n) is 2.52. The van der Waals surface area contributed by atoms with E-state index >= 15 is 0 Å². The van der Waals surface area contributed by atoms with E-state index in [4.69, 9.17) is 5.73 Å². The van der Waals surface area contributed by atoms with Crippen LogP contribution in [0.3, 0.4) is 0 Å². The molecule has 0 amide bonds. The molecule has 2 aromatic heterocycles. The van der Waals surface area contributed by atoms with Crippen molar-refractivity contribution >= 4 is 27.4 Å². The van der Waals surface area contributed by atoms with Gasteiger partial charge in [0.2, 0.25) is 0 Å². The molecule has 0 spiro atoms. The number of rotatable bonds is 2. The standard InChI is InChI=1S/C12H16N4S/c1-8-6-17-11-10(8)14-7-15-12(11)16-4-2-3-9(16)5-13/h6-7,9H,2-5,13H2,1H3. The van der Waals surface area contributed by atoms with Crippen LogP contribution in [-0.4, -0.2) is 29.1 Å². The molecule has 1 fully saturated rings. The summed E-state index contributed by atoms with van der Waals surface area (Å²) in [4.78, 5) is 11.2. The smallest absolute Gasteiger partial charge is 0.150 e. The van der Waals surface area contributed by atoms with E-state index in [2.05, 4.69) is 27.2 Å². The van der Waals surface area contributed by atoms with Crippen molar-refractivity contribution in [2.45, 2.75) is 25.8 Å². The van der Waals surface area contributed by atoms with Crippen molar-refractivity contribution in [1.82, 2.24) is 9.97 Å². The van der Waals surface area contributed by atoms with E-state index in [-0.39, 0.29) is 0 Å². The van der Waals surface area contributed by atoms with Crippen LogP contribution < -0.4 is 10.6 Å². The lowest BCUT2D eigenvalue weighted by Crippen LogP contribution is -2.35. The van der Waals surface area contributed by atoms with Crippen molar-refractivity contribution in [2.75, 3.05) is 18.0 Å². The van der Waals surface area contributed by atoms with Gasteiger partial charge in [-0.25, -0.2) is 9.97 Å². The predicted octanol–water partition coefficient (Wildman–Crippen LogP) is 1.93. The Labute approximate surface area is 104 Å².